The lowest BCUT2D eigenvalue weighted by molar-refractivity contribution is -0.124. The molecule has 1 aromatic heterocycles. The minimum atomic E-state index is -0.0716. The Morgan fingerprint density at radius 2 is 2.04 bits per heavy atom. The zero-order valence-corrected chi connectivity index (χ0v) is 14.5. The van der Waals surface area contributed by atoms with Crippen molar-refractivity contribution in [3.05, 3.63) is 17.3 Å². The van der Waals surface area contributed by atoms with Gasteiger partial charge >= 0.3 is 0 Å². The molecular formula is C17H27N3O3. The van der Waals surface area contributed by atoms with Gasteiger partial charge in [0.25, 0.3) is 5.91 Å². The minimum Gasteiger partial charge on any atom is -0.443 e. The zero-order valence-electron chi connectivity index (χ0n) is 14.5. The van der Waals surface area contributed by atoms with Crippen LogP contribution in [0.2, 0.25) is 0 Å². The fourth-order valence-corrected chi connectivity index (χ4v) is 2.61. The number of nitrogens with zero attached hydrogens (tertiary/aromatic N) is 2. The first-order valence-electron chi connectivity index (χ1n) is 8.45. The smallest absolute Gasteiger partial charge is 0.276 e. The summed E-state index contributed by atoms with van der Waals surface area (Å²) in [6.07, 6.45) is 2.84. The predicted octanol–water partition coefficient (Wildman–Crippen LogP) is 2.52. The van der Waals surface area contributed by atoms with Crippen LogP contribution in [-0.2, 0) is 11.3 Å². The van der Waals surface area contributed by atoms with Gasteiger partial charge in [0.1, 0.15) is 5.76 Å². The molecule has 1 aliphatic rings. The largest absolute Gasteiger partial charge is 0.443 e. The van der Waals surface area contributed by atoms with Gasteiger partial charge in [-0.2, -0.15) is 0 Å². The van der Waals surface area contributed by atoms with Crippen LogP contribution in [0.5, 0.6) is 0 Å². The van der Waals surface area contributed by atoms with Gasteiger partial charge in [-0.05, 0) is 32.1 Å². The summed E-state index contributed by atoms with van der Waals surface area (Å²) in [6, 6.07) is 0. The molecule has 6 heteroatoms. The minimum absolute atomic E-state index is 0.0266. The number of rotatable bonds is 5. The summed E-state index contributed by atoms with van der Waals surface area (Å²) in [4.78, 5) is 30.5. The highest BCUT2D eigenvalue weighted by atomic mass is 16.4. The van der Waals surface area contributed by atoms with E-state index >= 15 is 0 Å². The molecule has 1 saturated heterocycles. The maximum Gasteiger partial charge on any atom is 0.276 e. The Bertz CT molecular complexity index is 559. The van der Waals surface area contributed by atoms with Crippen LogP contribution in [0.3, 0.4) is 0 Å². The lowest BCUT2D eigenvalue weighted by atomic mass is 9.99. The van der Waals surface area contributed by atoms with Gasteiger partial charge in [0.2, 0.25) is 11.8 Å². The SMILES string of the molecule is CC[C@H](C)C(=O)NCc1nc(C(=O)N2CCC(C)CC2)c(C)o1. The molecule has 1 atom stereocenters. The zero-order chi connectivity index (χ0) is 17.0. The van der Waals surface area contributed by atoms with Crippen molar-refractivity contribution in [2.75, 3.05) is 13.1 Å². The van der Waals surface area contributed by atoms with Gasteiger partial charge in [-0.25, -0.2) is 4.98 Å². The molecule has 2 amide bonds. The Balaban J connectivity index is 1.97. The molecule has 0 saturated carbocycles. The molecule has 1 aromatic rings. The average Bonchev–Trinajstić information content (AvgIpc) is 2.92. The Kier molecular flexibility index (Phi) is 5.80. The molecule has 1 N–H and O–H groups in total. The highest BCUT2D eigenvalue weighted by Crippen LogP contribution is 2.19. The summed E-state index contributed by atoms with van der Waals surface area (Å²) >= 11 is 0. The number of nitrogens with one attached hydrogen (secondary N) is 1. The van der Waals surface area contributed by atoms with Gasteiger partial charge in [-0.3, -0.25) is 9.59 Å². The van der Waals surface area contributed by atoms with Gasteiger partial charge in [0.15, 0.2) is 5.69 Å². The summed E-state index contributed by atoms with van der Waals surface area (Å²) in [7, 11) is 0. The summed E-state index contributed by atoms with van der Waals surface area (Å²) < 4.78 is 5.54. The van der Waals surface area contributed by atoms with E-state index in [9.17, 15) is 9.59 Å². The normalized spacial score (nSPS) is 17.1. The molecule has 0 aliphatic carbocycles. The second-order valence-electron chi connectivity index (χ2n) is 6.51. The molecule has 0 radical (unpaired) electrons. The van der Waals surface area contributed by atoms with Crippen molar-refractivity contribution in [3.8, 4) is 0 Å². The molecule has 0 spiro atoms. The Hall–Kier alpha value is -1.85. The van der Waals surface area contributed by atoms with E-state index in [1.54, 1.807) is 6.92 Å². The van der Waals surface area contributed by atoms with Crippen molar-refractivity contribution >= 4 is 11.8 Å². The summed E-state index contributed by atoms with van der Waals surface area (Å²) in [5.41, 5.74) is 0.368. The number of oxazole rings is 1. The molecule has 128 valence electrons. The fourth-order valence-electron chi connectivity index (χ4n) is 2.61. The first-order chi connectivity index (χ1) is 10.9. The quantitative estimate of drug-likeness (QED) is 0.904. The van der Waals surface area contributed by atoms with Crippen LogP contribution in [0.1, 0.15) is 62.2 Å². The molecule has 6 nitrogen and oxygen atoms in total. The number of hydrogen-bond acceptors (Lipinski definition) is 4. The third-order valence-electron chi connectivity index (χ3n) is 4.59. The van der Waals surface area contributed by atoms with E-state index in [-0.39, 0.29) is 24.3 Å². The third-order valence-corrected chi connectivity index (χ3v) is 4.59. The number of likely N-dealkylation sites (tertiary alicyclic amines) is 1. The van der Waals surface area contributed by atoms with Crippen LogP contribution in [0.4, 0.5) is 0 Å². The van der Waals surface area contributed by atoms with Crippen LogP contribution in [0.25, 0.3) is 0 Å². The lowest BCUT2D eigenvalue weighted by Gasteiger charge is -2.29. The average molecular weight is 321 g/mol. The third kappa shape index (κ3) is 4.33. The molecule has 2 rings (SSSR count). The molecule has 2 heterocycles. The molecule has 0 unspecified atom stereocenters. The predicted molar refractivity (Wildman–Crippen MR) is 86.8 cm³/mol. The topological polar surface area (TPSA) is 75.4 Å². The highest BCUT2D eigenvalue weighted by Gasteiger charge is 2.26. The van der Waals surface area contributed by atoms with Gasteiger partial charge in [0.05, 0.1) is 6.54 Å². The Morgan fingerprint density at radius 3 is 2.65 bits per heavy atom. The summed E-state index contributed by atoms with van der Waals surface area (Å²) in [6.45, 7) is 9.55. The van der Waals surface area contributed by atoms with Crippen molar-refractivity contribution < 1.29 is 14.0 Å². The number of aryl methyl sites for hydroxylation is 1. The van der Waals surface area contributed by atoms with E-state index in [0.29, 0.717) is 23.3 Å². The standard InChI is InChI=1S/C17H27N3O3/c1-5-12(3)16(21)18-10-14-19-15(13(4)23-14)17(22)20-8-6-11(2)7-9-20/h11-12H,5-10H2,1-4H3,(H,18,21)/t12-/m0/s1. The molecule has 0 bridgehead atoms. The number of piperidine rings is 1. The van der Waals surface area contributed by atoms with E-state index in [1.807, 2.05) is 18.7 Å². The molecule has 1 aliphatic heterocycles. The number of carbonyl (C=O) groups excluding carboxylic acids is 2. The van der Waals surface area contributed by atoms with Crippen LogP contribution in [0, 0.1) is 18.8 Å². The van der Waals surface area contributed by atoms with E-state index in [1.165, 1.54) is 0 Å². The lowest BCUT2D eigenvalue weighted by Crippen LogP contribution is -2.38. The fraction of sp³-hybridized carbons (Fsp3) is 0.706. The van der Waals surface area contributed by atoms with Crippen LogP contribution >= 0.6 is 0 Å². The Morgan fingerprint density at radius 1 is 1.39 bits per heavy atom. The van der Waals surface area contributed by atoms with E-state index in [0.717, 1.165) is 32.4 Å². The number of aromatic nitrogens is 1. The first kappa shape index (κ1) is 17.5. The van der Waals surface area contributed by atoms with E-state index in [2.05, 4.69) is 17.2 Å². The van der Waals surface area contributed by atoms with Crippen molar-refractivity contribution in [3.63, 3.8) is 0 Å². The van der Waals surface area contributed by atoms with Gasteiger partial charge < -0.3 is 14.6 Å². The van der Waals surface area contributed by atoms with Gasteiger partial charge in [0, 0.05) is 19.0 Å². The van der Waals surface area contributed by atoms with E-state index < -0.39 is 0 Å². The first-order valence-corrected chi connectivity index (χ1v) is 8.45. The summed E-state index contributed by atoms with van der Waals surface area (Å²) in [5, 5.41) is 2.79. The van der Waals surface area contributed by atoms with Gasteiger partial charge in [-0.15, -0.1) is 0 Å². The van der Waals surface area contributed by atoms with Crippen LogP contribution in [0.15, 0.2) is 4.42 Å². The van der Waals surface area contributed by atoms with Gasteiger partial charge in [-0.1, -0.05) is 20.8 Å². The Labute approximate surface area is 137 Å². The van der Waals surface area contributed by atoms with Crippen molar-refractivity contribution in [1.82, 2.24) is 15.2 Å². The maximum atomic E-state index is 12.5. The maximum absolute atomic E-state index is 12.5. The monoisotopic (exact) mass is 321 g/mol. The summed E-state index contributed by atoms with van der Waals surface area (Å²) in [5.74, 6) is 1.43. The highest BCUT2D eigenvalue weighted by molar-refractivity contribution is 5.93. The molecule has 1 fully saturated rings. The van der Waals surface area contributed by atoms with Crippen molar-refractivity contribution in [1.29, 1.82) is 0 Å². The van der Waals surface area contributed by atoms with E-state index in [4.69, 9.17) is 4.42 Å². The van der Waals surface area contributed by atoms with Crippen molar-refractivity contribution in [2.24, 2.45) is 11.8 Å². The molecular weight excluding hydrogens is 294 g/mol. The second kappa shape index (κ2) is 7.62. The van der Waals surface area contributed by atoms with Crippen molar-refractivity contribution in [2.45, 2.75) is 53.5 Å². The molecule has 0 aromatic carbocycles. The second-order valence-corrected chi connectivity index (χ2v) is 6.51. The van der Waals surface area contributed by atoms with Crippen LogP contribution in [-0.4, -0.2) is 34.8 Å². The number of amides is 2. The number of carbonyl (C=O) groups is 2. The molecule has 23 heavy (non-hydrogen) atoms. The number of hydrogen-bond donors (Lipinski definition) is 1. The van der Waals surface area contributed by atoms with Crippen LogP contribution < -0.4 is 5.32 Å².